The van der Waals surface area contributed by atoms with Gasteiger partial charge < -0.3 is 9.84 Å². The average molecular weight is 333 g/mol. The zero-order valence-electron chi connectivity index (χ0n) is 10.4. The number of carboxylic acid groups (broad SMARTS) is 1. The van der Waals surface area contributed by atoms with Crippen molar-refractivity contribution in [3.8, 4) is 17.7 Å². The van der Waals surface area contributed by atoms with Crippen molar-refractivity contribution in [2.24, 2.45) is 0 Å². The van der Waals surface area contributed by atoms with Crippen molar-refractivity contribution in [1.29, 1.82) is 5.26 Å². The van der Waals surface area contributed by atoms with E-state index in [4.69, 9.17) is 15.1 Å². The number of rotatable bonds is 3. The van der Waals surface area contributed by atoms with E-state index in [9.17, 15) is 4.79 Å². The molecule has 0 atom stereocenters. The third-order valence-electron chi connectivity index (χ3n) is 2.45. The van der Waals surface area contributed by atoms with Gasteiger partial charge in [0.1, 0.15) is 11.3 Å². The summed E-state index contributed by atoms with van der Waals surface area (Å²) < 4.78 is 6.19. The second-order valence-corrected chi connectivity index (χ2v) is 4.91. The van der Waals surface area contributed by atoms with Crippen molar-refractivity contribution in [2.45, 2.75) is 6.92 Å². The lowest BCUT2D eigenvalue weighted by molar-refractivity contribution is 0.0694. The van der Waals surface area contributed by atoms with Gasteiger partial charge in [-0.3, -0.25) is 0 Å². The van der Waals surface area contributed by atoms with Crippen LogP contribution in [0.25, 0.3) is 0 Å². The molecule has 5 nitrogen and oxygen atoms in total. The summed E-state index contributed by atoms with van der Waals surface area (Å²) in [5.74, 6) is -0.753. The summed E-state index contributed by atoms with van der Waals surface area (Å²) in [5, 5.41) is 18.0. The van der Waals surface area contributed by atoms with E-state index in [2.05, 4.69) is 20.9 Å². The van der Waals surface area contributed by atoms with Crippen molar-refractivity contribution in [2.75, 3.05) is 0 Å². The Morgan fingerprint density at radius 3 is 2.80 bits per heavy atom. The van der Waals surface area contributed by atoms with E-state index >= 15 is 0 Å². The number of carbonyl (C=O) groups is 1. The molecule has 2 aromatic rings. The molecule has 1 N–H and O–H groups in total. The van der Waals surface area contributed by atoms with E-state index in [1.807, 2.05) is 6.07 Å². The normalized spacial score (nSPS) is 9.85. The number of nitriles is 1. The van der Waals surface area contributed by atoms with Gasteiger partial charge in [-0.2, -0.15) is 5.26 Å². The van der Waals surface area contributed by atoms with Crippen LogP contribution in [-0.2, 0) is 0 Å². The summed E-state index contributed by atoms with van der Waals surface area (Å²) in [6, 6.07) is 9.66. The molecule has 1 aromatic carbocycles. The fraction of sp³-hybridized carbons (Fsp3) is 0.0714. The highest BCUT2D eigenvalue weighted by Gasteiger charge is 2.13. The summed E-state index contributed by atoms with van der Waals surface area (Å²) in [6.45, 7) is 1.73. The Labute approximate surface area is 123 Å². The SMILES string of the molecule is Cc1cc(C#N)cc(Oc2cc(Br)ccc2C(=O)O)n1. The van der Waals surface area contributed by atoms with E-state index in [1.165, 1.54) is 12.1 Å². The summed E-state index contributed by atoms with van der Waals surface area (Å²) in [7, 11) is 0. The average Bonchev–Trinajstić information content (AvgIpc) is 2.37. The lowest BCUT2D eigenvalue weighted by atomic mass is 10.2. The van der Waals surface area contributed by atoms with Crippen LogP contribution in [-0.4, -0.2) is 16.1 Å². The molecule has 20 heavy (non-hydrogen) atoms. The Balaban J connectivity index is 2.44. The third kappa shape index (κ3) is 3.13. The summed E-state index contributed by atoms with van der Waals surface area (Å²) in [6.07, 6.45) is 0. The van der Waals surface area contributed by atoms with E-state index in [0.29, 0.717) is 15.7 Å². The van der Waals surface area contributed by atoms with Crippen LogP contribution < -0.4 is 4.74 Å². The lowest BCUT2D eigenvalue weighted by Crippen LogP contribution is -2.01. The number of halogens is 1. The number of hydrogen-bond acceptors (Lipinski definition) is 4. The largest absolute Gasteiger partial charge is 0.478 e. The molecule has 0 spiro atoms. The van der Waals surface area contributed by atoms with Gasteiger partial charge in [0.05, 0.1) is 11.6 Å². The van der Waals surface area contributed by atoms with E-state index in [1.54, 1.807) is 25.1 Å². The minimum absolute atomic E-state index is 0.0232. The van der Waals surface area contributed by atoms with Crippen LogP contribution in [0.1, 0.15) is 21.6 Å². The highest BCUT2D eigenvalue weighted by atomic mass is 79.9. The molecule has 0 aliphatic rings. The van der Waals surface area contributed by atoms with Crippen molar-refractivity contribution in [3.63, 3.8) is 0 Å². The third-order valence-corrected chi connectivity index (χ3v) is 2.94. The second-order valence-electron chi connectivity index (χ2n) is 3.99. The number of ether oxygens (including phenoxy) is 1. The highest BCUT2D eigenvalue weighted by molar-refractivity contribution is 9.10. The van der Waals surface area contributed by atoms with Crippen LogP contribution in [0.2, 0.25) is 0 Å². The number of aryl methyl sites for hydroxylation is 1. The number of aromatic nitrogens is 1. The second kappa shape index (κ2) is 5.72. The number of pyridine rings is 1. The minimum Gasteiger partial charge on any atom is -0.478 e. The molecule has 0 saturated carbocycles. The van der Waals surface area contributed by atoms with Gasteiger partial charge in [-0.1, -0.05) is 15.9 Å². The molecule has 0 bridgehead atoms. The predicted octanol–water partition coefficient (Wildman–Crippen LogP) is 3.51. The van der Waals surface area contributed by atoms with Gasteiger partial charge in [-0.15, -0.1) is 0 Å². The molecule has 0 aliphatic carbocycles. The van der Waals surface area contributed by atoms with Gasteiger partial charge >= 0.3 is 5.97 Å². The van der Waals surface area contributed by atoms with Crippen molar-refractivity contribution < 1.29 is 14.6 Å². The molecule has 0 fully saturated rings. The van der Waals surface area contributed by atoms with Crippen molar-refractivity contribution >= 4 is 21.9 Å². The molecule has 1 aromatic heterocycles. The van der Waals surface area contributed by atoms with Crippen LogP contribution in [0.3, 0.4) is 0 Å². The van der Waals surface area contributed by atoms with Gasteiger partial charge in [0, 0.05) is 16.2 Å². The molecular weight excluding hydrogens is 324 g/mol. The number of aromatic carboxylic acids is 1. The maximum Gasteiger partial charge on any atom is 0.339 e. The maximum atomic E-state index is 11.1. The van der Waals surface area contributed by atoms with Crippen LogP contribution in [0.4, 0.5) is 0 Å². The summed E-state index contributed by atoms with van der Waals surface area (Å²) in [4.78, 5) is 15.3. The molecule has 6 heteroatoms. The number of hydrogen-bond donors (Lipinski definition) is 1. The Morgan fingerprint density at radius 2 is 2.15 bits per heavy atom. The molecule has 0 unspecified atom stereocenters. The van der Waals surface area contributed by atoms with Crippen molar-refractivity contribution in [3.05, 3.63) is 51.6 Å². The van der Waals surface area contributed by atoms with Gasteiger partial charge in [0.2, 0.25) is 5.88 Å². The maximum absolute atomic E-state index is 11.1. The molecule has 2 rings (SSSR count). The van der Waals surface area contributed by atoms with Crippen LogP contribution >= 0.6 is 15.9 Å². The monoisotopic (exact) mass is 332 g/mol. The first-order chi connectivity index (χ1) is 9.49. The molecule has 0 amide bonds. The quantitative estimate of drug-likeness (QED) is 0.929. The predicted molar refractivity (Wildman–Crippen MR) is 74.9 cm³/mol. The lowest BCUT2D eigenvalue weighted by Gasteiger charge is -2.09. The topological polar surface area (TPSA) is 83.2 Å². The highest BCUT2D eigenvalue weighted by Crippen LogP contribution is 2.28. The van der Waals surface area contributed by atoms with Crippen LogP contribution in [0.15, 0.2) is 34.8 Å². The Bertz CT molecular complexity index is 723. The van der Waals surface area contributed by atoms with Gasteiger partial charge in [0.15, 0.2) is 0 Å². The fourth-order valence-corrected chi connectivity index (χ4v) is 1.96. The Kier molecular flexibility index (Phi) is 4.01. The zero-order valence-corrected chi connectivity index (χ0v) is 12.0. The summed E-state index contributed by atoms with van der Waals surface area (Å²) in [5.41, 5.74) is 1.04. The molecule has 0 aliphatic heterocycles. The van der Waals surface area contributed by atoms with Crippen LogP contribution in [0, 0.1) is 18.3 Å². The smallest absolute Gasteiger partial charge is 0.339 e. The standard InChI is InChI=1S/C14H9BrN2O3/c1-8-4-9(7-16)5-13(17-8)20-12-6-10(15)2-3-11(12)14(18)19/h2-6H,1H3,(H,18,19). The molecule has 0 radical (unpaired) electrons. The molecular formula is C14H9BrN2O3. The van der Waals surface area contributed by atoms with Crippen molar-refractivity contribution in [1.82, 2.24) is 4.98 Å². The first kappa shape index (κ1) is 14.0. The van der Waals surface area contributed by atoms with Crippen LogP contribution in [0.5, 0.6) is 11.6 Å². The molecule has 0 saturated heterocycles. The Hall–Kier alpha value is -2.39. The number of carboxylic acids is 1. The summed E-state index contributed by atoms with van der Waals surface area (Å²) >= 11 is 3.26. The van der Waals surface area contributed by atoms with Gasteiger partial charge in [-0.25, -0.2) is 9.78 Å². The Morgan fingerprint density at radius 1 is 1.40 bits per heavy atom. The van der Waals surface area contributed by atoms with Gasteiger partial charge in [-0.05, 0) is 31.2 Å². The molecule has 1 heterocycles. The zero-order chi connectivity index (χ0) is 14.7. The van der Waals surface area contributed by atoms with E-state index in [0.717, 1.165) is 0 Å². The first-order valence-electron chi connectivity index (χ1n) is 5.59. The van der Waals surface area contributed by atoms with E-state index < -0.39 is 5.97 Å². The van der Waals surface area contributed by atoms with E-state index in [-0.39, 0.29) is 17.2 Å². The first-order valence-corrected chi connectivity index (χ1v) is 6.38. The molecule has 100 valence electrons. The van der Waals surface area contributed by atoms with Gasteiger partial charge in [0.25, 0.3) is 0 Å². The fourth-order valence-electron chi connectivity index (χ4n) is 1.62. The number of benzene rings is 1. The minimum atomic E-state index is -1.10. The number of nitrogens with zero attached hydrogens (tertiary/aromatic N) is 2.